The zero-order valence-corrected chi connectivity index (χ0v) is 12.0. The van der Waals surface area contributed by atoms with Gasteiger partial charge in [0.1, 0.15) is 11.4 Å². The Hall–Kier alpha value is -1.06. The van der Waals surface area contributed by atoms with Crippen LogP contribution in [-0.2, 0) is 4.74 Å². The minimum Gasteiger partial charge on any atom is -0.487 e. The molecular weight excluding hydrogens is 238 g/mol. The van der Waals surface area contributed by atoms with Gasteiger partial charge >= 0.3 is 0 Å². The summed E-state index contributed by atoms with van der Waals surface area (Å²) in [5, 5.41) is 0. The maximum Gasteiger partial charge on any atom is 0.124 e. The van der Waals surface area contributed by atoms with Crippen LogP contribution < -0.4 is 10.5 Å². The molecule has 0 bridgehead atoms. The average molecular weight is 261 g/mol. The van der Waals surface area contributed by atoms with Crippen molar-refractivity contribution >= 4 is 0 Å². The number of ether oxygens (including phenoxy) is 2. The maximum absolute atomic E-state index is 6.39. The number of nitrogens with two attached hydrogens (primary N) is 1. The van der Waals surface area contributed by atoms with E-state index in [1.54, 1.807) is 0 Å². The lowest BCUT2D eigenvalue weighted by Gasteiger charge is -2.48. The van der Waals surface area contributed by atoms with E-state index in [1.165, 1.54) is 5.56 Å². The molecule has 3 rings (SSSR count). The van der Waals surface area contributed by atoms with Crippen molar-refractivity contribution in [2.24, 2.45) is 5.73 Å². The Labute approximate surface area is 115 Å². The standard InChI is InChI=1S/C16H23NO2/c1-11-4-5-14-12(8-11)13(17)9-16(19-14)6-7-18-15(2,3)10-16/h4-5,8,13H,6-7,9-10,17H2,1-3H3. The largest absolute Gasteiger partial charge is 0.487 e. The van der Waals surface area contributed by atoms with E-state index in [0.29, 0.717) is 0 Å². The van der Waals surface area contributed by atoms with Crippen LogP contribution in [0.2, 0.25) is 0 Å². The van der Waals surface area contributed by atoms with Gasteiger partial charge < -0.3 is 15.2 Å². The fourth-order valence-corrected chi connectivity index (χ4v) is 3.53. The van der Waals surface area contributed by atoms with Crippen LogP contribution in [0.25, 0.3) is 0 Å². The van der Waals surface area contributed by atoms with Gasteiger partial charge in [0.15, 0.2) is 0 Å². The van der Waals surface area contributed by atoms with Crippen molar-refractivity contribution in [3.63, 3.8) is 0 Å². The molecule has 3 heteroatoms. The van der Waals surface area contributed by atoms with Crippen molar-refractivity contribution < 1.29 is 9.47 Å². The van der Waals surface area contributed by atoms with Gasteiger partial charge in [0, 0.05) is 30.9 Å². The predicted octanol–water partition coefficient (Wildman–Crippen LogP) is 3.11. The summed E-state index contributed by atoms with van der Waals surface area (Å²) in [6.45, 7) is 7.11. The molecule has 0 aromatic heterocycles. The van der Waals surface area contributed by atoms with E-state index in [2.05, 4.69) is 39.0 Å². The first-order valence-electron chi connectivity index (χ1n) is 7.08. The lowest BCUT2D eigenvalue weighted by molar-refractivity contribution is -0.141. The zero-order chi connectivity index (χ0) is 13.7. The second-order valence-corrected chi connectivity index (χ2v) is 6.67. The van der Waals surface area contributed by atoms with Gasteiger partial charge in [-0.1, -0.05) is 17.7 Å². The molecule has 2 unspecified atom stereocenters. The van der Waals surface area contributed by atoms with Crippen LogP contribution in [0, 0.1) is 6.92 Å². The quantitative estimate of drug-likeness (QED) is 0.780. The monoisotopic (exact) mass is 261 g/mol. The first-order chi connectivity index (χ1) is 8.89. The summed E-state index contributed by atoms with van der Waals surface area (Å²) in [7, 11) is 0. The van der Waals surface area contributed by atoms with Gasteiger partial charge in [0.25, 0.3) is 0 Å². The van der Waals surface area contributed by atoms with Crippen LogP contribution >= 0.6 is 0 Å². The lowest BCUT2D eigenvalue weighted by Crippen LogP contribution is -2.52. The fourth-order valence-electron chi connectivity index (χ4n) is 3.53. The minimum absolute atomic E-state index is 0.0672. The highest BCUT2D eigenvalue weighted by molar-refractivity contribution is 5.41. The average Bonchev–Trinajstić information content (AvgIpc) is 2.29. The number of hydrogen-bond acceptors (Lipinski definition) is 3. The summed E-state index contributed by atoms with van der Waals surface area (Å²) in [6.07, 6.45) is 2.72. The molecule has 2 N–H and O–H groups in total. The molecule has 104 valence electrons. The summed E-state index contributed by atoms with van der Waals surface area (Å²) in [6, 6.07) is 6.37. The molecule has 2 aliphatic heterocycles. The van der Waals surface area contributed by atoms with Crippen LogP contribution in [0.4, 0.5) is 0 Å². The second kappa shape index (κ2) is 4.22. The van der Waals surface area contributed by atoms with Crippen molar-refractivity contribution in [1.29, 1.82) is 0 Å². The van der Waals surface area contributed by atoms with Crippen molar-refractivity contribution in [2.75, 3.05) is 6.61 Å². The third-order valence-corrected chi connectivity index (χ3v) is 4.28. The molecule has 0 saturated carbocycles. The zero-order valence-electron chi connectivity index (χ0n) is 12.0. The van der Waals surface area contributed by atoms with Gasteiger partial charge in [-0.2, -0.15) is 0 Å². The van der Waals surface area contributed by atoms with E-state index in [-0.39, 0.29) is 17.2 Å². The molecule has 1 aromatic carbocycles. The van der Waals surface area contributed by atoms with Crippen LogP contribution in [0.3, 0.4) is 0 Å². The van der Waals surface area contributed by atoms with Crippen molar-refractivity contribution in [1.82, 2.24) is 0 Å². The minimum atomic E-state index is -0.149. The molecule has 0 aliphatic carbocycles. The molecule has 2 aliphatic rings. The smallest absolute Gasteiger partial charge is 0.124 e. The van der Waals surface area contributed by atoms with Crippen molar-refractivity contribution in [3.8, 4) is 5.75 Å². The first kappa shape index (κ1) is 12.9. The normalized spacial score (nSPS) is 32.7. The Bertz CT molecular complexity index is 498. The molecule has 0 radical (unpaired) electrons. The molecule has 1 saturated heterocycles. The molecule has 2 atom stereocenters. The van der Waals surface area contributed by atoms with E-state index >= 15 is 0 Å². The second-order valence-electron chi connectivity index (χ2n) is 6.67. The number of benzene rings is 1. The summed E-state index contributed by atoms with van der Waals surface area (Å²) < 4.78 is 12.2. The van der Waals surface area contributed by atoms with Gasteiger partial charge in [0.2, 0.25) is 0 Å². The summed E-state index contributed by atoms with van der Waals surface area (Å²) >= 11 is 0. The molecule has 2 heterocycles. The van der Waals surface area contributed by atoms with Gasteiger partial charge in [-0.3, -0.25) is 0 Å². The highest BCUT2D eigenvalue weighted by Gasteiger charge is 2.46. The number of hydrogen-bond donors (Lipinski definition) is 1. The van der Waals surface area contributed by atoms with E-state index in [1.807, 2.05) is 0 Å². The Kier molecular flexibility index (Phi) is 2.88. The highest BCUT2D eigenvalue weighted by Crippen LogP contribution is 2.46. The fraction of sp³-hybridized carbons (Fsp3) is 0.625. The maximum atomic E-state index is 6.39. The highest BCUT2D eigenvalue weighted by atomic mass is 16.5. The van der Waals surface area contributed by atoms with Gasteiger partial charge in [0.05, 0.1) is 12.2 Å². The topological polar surface area (TPSA) is 44.5 Å². The van der Waals surface area contributed by atoms with Crippen LogP contribution in [-0.4, -0.2) is 17.8 Å². The van der Waals surface area contributed by atoms with E-state index in [9.17, 15) is 0 Å². The molecule has 1 spiro atoms. The Balaban J connectivity index is 1.94. The molecule has 3 nitrogen and oxygen atoms in total. The third-order valence-electron chi connectivity index (χ3n) is 4.28. The van der Waals surface area contributed by atoms with Crippen molar-refractivity contribution in [2.45, 2.75) is 57.3 Å². The van der Waals surface area contributed by atoms with Crippen LogP contribution in [0.15, 0.2) is 18.2 Å². The number of aryl methyl sites for hydroxylation is 1. The summed E-state index contributed by atoms with van der Waals surface area (Å²) in [5.74, 6) is 0.960. The SMILES string of the molecule is Cc1ccc2c(c1)C(N)CC1(CCOC(C)(C)C1)O2. The van der Waals surface area contributed by atoms with E-state index in [4.69, 9.17) is 15.2 Å². The molecule has 1 fully saturated rings. The number of rotatable bonds is 0. The third kappa shape index (κ3) is 2.37. The van der Waals surface area contributed by atoms with E-state index in [0.717, 1.165) is 37.2 Å². The molecule has 1 aromatic rings. The molecule has 19 heavy (non-hydrogen) atoms. The predicted molar refractivity (Wildman–Crippen MR) is 75.3 cm³/mol. The summed E-state index contributed by atoms with van der Waals surface area (Å²) in [4.78, 5) is 0. The Morgan fingerprint density at radius 1 is 1.32 bits per heavy atom. The van der Waals surface area contributed by atoms with E-state index < -0.39 is 0 Å². The van der Waals surface area contributed by atoms with Crippen molar-refractivity contribution in [3.05, 3.63) is 29.3 Å². The summed E-state index contributed by atoms with van der Waals surface area (Å²) in [5.41, 5.74) is 8.50. The van der Waals surface area contributed by atoms with Crippen LogP contribution in [0.5, 0.6) is 5.75 Å². The molecular formula is C16H23NO2. The van der Waals surface area contributed by atoms with Crippen LogP contribution in [0.1, 0.15) is 50.3 Å². The Morgan fingerprint density at radius 3 is 2.84 bits per heavy atom. The van der Waals surface area contributed by atoms with Gasteiger partial charge in [-0.15, -0.1) is 0 Å². The number of fused-ring (bicyclic) bond motifs is 1. The van der Waals surface area contributed by atoms with Gasteiger partial charge in [-0.25, -0.2) is 0 Å². The molecule has 0 amide bonds. The Morgan fingerprint density at radius 2 is 2.11 bits per heavy atom. The lowest BCUT2D eigenvalue weighted by atomic mass is 9.77. The first-order valence-corrected chi connectivity index (χ1v) is 7.08. The van der Waals surface area contributed by atoms with Gasteiger partial charge in [-0.05, 0) is 26.8 Å².